The van der Waals surface area contributed by atoms with Gasteiger partial charge in [-0.3, -0.25) is 4.79 Å². The summed E-state index contributed by atoms with van der Waals surface area (Å²) in [6, 6.07) is 17.3. The first-order valence-electron chi connectivity index (χ1n) is 12.0. The van der Waals surface area contributed by atoms with Crippen LogP contribution in [0.4, 0.5) is 0 Å². The third-order valence-corrected chi connectivity index (χ3v) is 7.56. The van der Waals surface area contributed by atoms with Crippen molar-refractivity contribution in [2.45, 2.75) is 38.3 Å². The average Bonchev–Trinajstić information content (AvgIpc) is 3.55. The highest BCUT2D eigenvalue weighted by Crippen LogP contribution is 2.36. The van der Waals surface area contributed by atoms with Crippen LogP contribution < -0.4 is 11.1 Å². The van der Waals surface area contributed by atoms with Crippen molar-refractivity contribution >= 4 is 17.2 Å². The van der Waals surface area contributed by atoms with Gasteiger partial charge in [0, 0.05) is 40.6 Å². The van der Waals surface area contributed by atoms with Gasteiger partial charge in [-0.1, -0.05) is 29.5 Å². The first kappa shape index (κ1) is 24.3. The van der Waals surface area contributed by atoms with Gasteiger partial charge in [-0.2, -0.15) is 10.5 Å². The Kier molecular flexibility index (Phi) is 7.04. The molecule has 0 saturated heterocycles. The summed E-state index contributed by atoms with van der Waals surface area (Å²) in [5.41, 5.74) is 11.0. The summed E-state index contributed by atoms with van der Waals surface area (Å²) in [5.74, 6) is -0.502. The van der Waals surface area contributed by atoms with E-state index in [1.807, 2.05) is 30.5 Å². The zero-order valence-electron chi connectivity index (χ0n) is 20.0. The Morgan fingerprint density at radius 2 is 2.05 bits per heavy atom. The van der Waals surface area contributed by atoms with Crippen molar-refractivity contribution in [1.29, 1.82) is 10.5 Å². The zero-order valence-corrected chi connectivity index (χ0v) is 20.8. The molecule has 4 aromatic rings. The maximum absolute atomic E-state index is 12.4. The summed E-state index contributed by atoms with van der Waals surface area (Å²) in [6.07, 6.45) is 4.99. The van der Waals surface area contributed by atoms with E-state index in [0.717, 1.165) is 46.7 Å². The van der Waals surface area contributed by atoms with Crippen LogP contribution >= 0.6 is 11.3 Å². The molecule has 2 aromatic carbocycles. The van der Waals surface area contributed by atoms with E-state index in [1.54, 1.807) is 34.2 Å². The zero-order chi connectivity index (χ0) is 25.8. The Balaban J connectivity index is 1.44. The van der Waals surface area contributed by atoms with E-state index in [2.05, 4.69) is 27.8 Å². The second-order valence-electron chi connectivity index (χ2n) is 8.89. The van der Waals surface area contributed by atoms with E-state index in [4.69, 9.17) is 21.2 Å². The molecule has 0 aliphatic heterocycles. The number of thiazole rings is 1. The van der Waals surface area contributed by atoms with Crippen LogP contribution in [-0.4, -0.2) is 38.5 Å². The first-order chi connectivity index (χ1) is 18.1. The fraction of sp³-hybridized carbons (Fsp3) is 0.259. The van der Waals surface area contributed by atoms with Gasteiger partial charge in [0.1, 0.15) is 10.7 Å². The molecule has 0 fully saturated rings. The van der Waals surface area contributed by atoms with Crippen LogP contribution in [0.3, 0.4) is 0 Å². The van der Waals surface area contributed by atoms with Gasteiger partial charge in [0.15, 0.2) is 0 Å². The van der Waals surface area contributed by atoms with Crippen LogP contribution in [0.15, 0.2) is 48.7 Å². The van der Waals surface area contributed by atoms with Crippen molar-refractivity contribution < 1.29 is 4.79 Å². The minimum atomic E-state index is -0.502. The molecular formula is C27H24N8OS. The van der Waals surface area contributed by atoms with Crippen LogP contribution in [-0.2, 0) is 19.4 Å². The highest BCUT2D eigenvalue weighted by atomic mass is 32.1. The molecule has 5 rings (SSSR count). The largest absolute Gasteiger partial charge is 0.366 e. The standard InChI is InChI=1S/C27H24N8OS/c28-11-2-12-31-20-9-10-22-24(13-20)37-27(32-22)25-19(3-1-4-21(25)26(30)36)15-35-16-23(33-34-35)18-7-5-17(14-29)6-8-18/h1,3-8,16,20,31H,2,9-10,12-13,15H2,(H2,30,36)/t20-/m0/s1. The highest BCUT2D eigenvalue weighted by Gasteiger charge is 2.25. The summed E-state index contributed by atoms with van der Waals surface area (Å²) in [4.78, 5) is 18.5. The first-order valence-corrected chi connectivity index (χ1v) is 12.8. The summed E-state index contributed by atoms with van der Waals surface area (Å²) in [7, 11) is 0. The predicted molar refractivity (Wildman–Crippen MR) is 139 cm³/mol. The van der Waals surface area contributed by atoms with E-state index in [-0.39, 0.29) is 0 Å². The number of nitrogens with two attached hydrogens (primary N) is 1. The normalized spacial score (nSPS) is 14.5. The van der Waals surface area contributed by atoms with Gasteiger partial charge >= 0.3 is 0 Å². The van der Waals surface area contributed by atoms with Gasteiger partial charge in [0.2, 0.25) is 5.91 Å². The van der Waals surface area contributed by atoms with Crippen LogP contribution in [0.1, 0.15) is 44.9 Å². The molecule has 1 aliphatic carbocycles. The predicted octanol–water partition coefficient (Wildman–Crippen LogP) is 3.45. The molecular weight excluding hydrogens is 484 g/mol. The third-order valence-electron chi connectivity index (χ3n) is 6.42. The SMILES string of the molecule is N#CCCN[C@H]1CCc2nc(-c3c(Cn4cc(-c5ccc(C#N)cc5)nn4)cccc3C(N)=O)sc2C1. The maximum Gasteiger partial charge on any atom is 0.249 e. The van der Waals surface area contributed by atoms with Gasteiger partial charge in [-0.25, -0.2) is 9.67 Å². The van der Waals surface area contributed by atoms with Crippen molar-refractivity contribution in [3.8, 4) is 34.0 Å². The Hall–Kier alpha value is -4.38. The summed E-state index contributed by atoms with van der Waals surface area (Å²) in [5, 5.41) is 30.6. The smallest absolute Gasteiger partial charge is 0.249 e. The lowest BCUT2D eigenvalue weighted by Gasteiger charge is -2.21. The molecule has 0 bridgehead atoms. The number of hydrogen-bond donors (Lipinski definition) is 2. The molecule has 37 heavy (non-hydrogen) atoms. The minimum absolute atomic E-state index is 0.316. The molecule has 2 aromatic heterocycles. The fourth-order valence-electron chi connectivity index (χ4n) is 4.58. The number of nitrogens with one attached hydrogen (secondary N) is 1. The van der Waals surface area contributed by atoms with Gasteiger partial charge in [0.25, 0.3) is 0 Å². The minimum Gasteiger partial charge on any atom is -0.366 e. The molecule has 184 valence electrons. The van der Waals surface area contributed by atoms with E-state index in [1.165, 1.54) is 4.88 Å². The molecule has 10 heteroatoms. The van der Waals surface area contributed by atoms with Gasteiger partial charge in [0.05, 0.1) is 36.1 Å². The van der Waals surface area contributed by atoms with Crippen LogP contribution in [0.2, 0.25) is 0 Å². The van der Waals surface area contributed by atoms with E-state index >= 15 is 0 Å². The molecule has 0 saturated carbocycles. The summed E-state index contributed by atoms with van der Waals surface area (Å²) < 4.78 is 1.72. The van der Waals surface area contributed by atoms with Crippen molar-refractivity contribution in [2.75, 3.05) is 6.54 Å². The Bertz CT molecular complexity index is 1520. The number of benzene rings is 2. The van der Waals surface area contributed by atoms with E-state index in [0.29, 0.717) is 42.4 Å². The van der Waals surface area contributed by atoms with Crippen LogP contribution in [0.5, 0.6) is 0 Å². The molecule has 1 amide bonds. The lowest BCUT2D eigenvalue weighted by molar-refractivity contribution is 0.100. The number of hydrogen-bond acceptors (Lipinski definition) is 8. The molecule has 3 N–H and O–H groups in total. The topological polar surface area (TPSA) is 146 Å². The van der Waals surface area contributed by atoms with E-state index in [9.17, 15) is 4.79 Å². The lowest BCUT2D eigenvalue weighted by atomic mass is 9.97. The molecule has 1 atom stereocenters. The number of primary amides is 1. The van der Waals surface area contributed by atoms with E-state index < -0.39 is 5.91 Å². The van der Waals surface area contributed by atoms with Crippen molar-refractivity contribution in [3.63, 3.8) is 0 Å². The number of aromatic nitrogens is 4. The quantitative estimate of drug-likeness (QED) is 0.347. The maximum atomic E-state index is 12.4. The number of aryl methyl sites for hydroxylation is 1. The lowest BCUT2D eigenvalue weighted by Crippen LogP contribution is -2.34. The van der Waals surface area contributed by atoms with Crippen molar-refractivity contribution in [2.24, 2.45) is 5.73 Å². The molecule has 1 aliphatic rings. The number of amides is 1. The molecule has 9 nitrogen and oxygen atoms in total. The van der Waals surface area contributed by atoms with Gasteiger partial charge in [-0.05, 0) is 43.0 Å². The number of nitrogens with zero attached hydrogens (tertiary/aromatic N) is 6. The third kappa shape index (κ3) is 5.26. The molecule has 0 radical (unpaired) electrons. The number of carbonyl (C=O) groups excluding carboxylic acids is 1. The van der Waals surface area contributed by atoms with Crippen LogP contribution in [0.25, 0.3) is 21.8 Å². The van der Waals surface area contributed by atoms with Crippen molar-refractivity contribution in [3.05, 3.63) is 75.9 Å². The highest BCUT2D eigenvalue weighted by molar-refractivity contribution is 7.15. The monoisotopic (exact) mass is 508 g/mol. The second kappa shape index (κ2) is 10.7. The van der Waals surface area contributed by atoms with Crippen molar-refractivity contribution in [1.82, 2.24) is 25.3 Å². The number of nitriles is 2. The molecule has 0 spiro atoms. The Labute approximate surface area is 218 Å². The van der Waals surface area contributed by atoms with Gasteiger partial charge in [-0.15, -0.1) is 16.4 Å². The Morgan fingerprint density at radius 1 is 1.22 bits per heavy atom. The van der Waals surface area contributed by atoms with Crippen LogP contribution in [0, 0.1) is 22.7 Å². The van der Waals surface area contributed by atoms with Gasteiger partial charge < -0.3 is 11.1 Å². The molecule has 0 unspecified atom stereocenters. The second-order valence-corrected chi connectivity index (χ2v) is 9.97. The number of fused-ring (bicyclic) bond motifs is 1. The number of carbonyl (C=O) groups is 1. The summed E-state index contributed by atoms with van der Waals surface area (Å²) in [6.45, 7) is 1.07. The fourth-order valence-corrected chi connectivity index (χ4v) is 5.86. The Morgan fingerprint density at radius 3 is 2.81 bits per heavy atom. The number of rotatable bonds is 8. The molecule has 2 heterocycles. The average molecular weight is 509 g/mol. The summed E-state index contributed by atoms with van der Waals surface area (Å²) >= 11 is 1.60.